The van der Waals surface area contributed by atoms with Crippen LogP contribution in [0.2, 0.25) is 0 Å². The maximum atomic E-state index is 8.74. The summed E-state index contributed by atoms with van der Waals surface area (Å²) in [7, 11) is 0. The third kappa shape index (κ3) is 6.24. The van der Waals surface area contributed by atoms with Gasteiger partial charge in [-0.25, -0.2) is 0 Å². The zero-order chi connectivity index (χ0) is 13.1. The van der Waals surface area contributed by atoms with Gasteiger partial charge in [-0.05, 0) is 30.9 Å². The van der Waals surface area contributed by atoms with Gasteiger partial charge < -0.3 is 9.84 Å². The standard InChI is InChI=1S/C16H20O2/c1-2-15(11-12-17)8-6-7-13-18-14-16-9-4-3-5-10-16/h1,3-5,9-11,17H,6-8,12-14H2/b15-11+. The zero-order valence-electron chi connectivity index (χ0n) is 10.6. The molecule has 0 aliphatic rings. The molecule has 0 unspecified atom stereocenters. The van der Waals surface area contributed by atoms with Crippen molar-refractivity contribution in [3.63, 3.8) is 0 Å². The summed E-state index contributed by atoms with van der Waals surface area (Å²) in [6.07, 6.45) is 9.81. The topological polar surface area (TPSA) is 29.5 Å². The predicted molar refractivity (Wildman–Crippen MR) is 74.0 cm³/mol. The molecule has 96 valence electrons. The molecule has 1 rings (SSSR count). The number of rotatable bonds is 8. The molecule has 1 aromatic carbocycles. The van der Waals surface area contributed by atoms with E-state index >= 15 is 0 Å². The Morgan fingerprint density at radius 1 is 1.28 bits per heavy atom. The van der Waals surface area contributed by atoms with E-state index in [1.807, 2.05) is 18.2 Å². The molecular weight excluding hydrogens is 224 g/mol. The van der Waals surface area contributed by atoms with E-state index in [2.05, 4.69) is 18.1 Å². The summed E-state index contributed by atoms with van der Waals surface area (Å²) in [5.74, 6) is 2.58. The van der Waals surface area contributed by atoms with Gasteiger partial charge in [0, 0.05) is 12.2 Å². The van der Waals surface area contributed by atoms with Crippen molar-refractivity contribution < 1.29 is 9.84 Å². The Hall–Kier alpha value is -1.56. The summed E-state index contributed by atoms with van der Waals surface area (Å²) in [6, 6.07) is 10.1. The third-order valence-corrected chi connectivity index (χ3v) is 2.62. The van der Waals surface area contributed by atoms with Gasteiger partial charge in [-0.2, -0.15) is 0 Å². The summed E-state index contributed by atoms with van der Waals surface area (Å²) < 4.78 is 5.57. The van der Waals surface area contributed by atoms with E-state index in [1.165, 1.54) is 5.56 Å². The lowest BCUT2D eigenvalue weighted by Crippen LogP contribution is -1.96. The first-order valence-corrected chi connectivity index (χ1v) is 6.25. The van der Waals surface area contributed by atoms with Crippen LogP contribution in [0.25, 0.3) is 0 Å². The molecule has 0 aliphatic heterocycles. The van der Waals surface area contributed by atoms with E-state index in [0.717, 1.165) is 31.4 Å². The molecule has 2 heteroatoms. The Balaban J connectivity index is 2.06. The summed E-state index contributed by atoms with van der Waals surface area (Å²) in [6.45, 7) is 1.42. The predicted octanol–water partition coefficient (Wildman–Crippen LogP) is 2.93. The fourth-order valence-corrected chi connectivity index (χ4v) is 1.63. The molecule has 0 radical (unpaired) electrons. The van der Waals surface area contributed by atoms with Crippen LogP contribution < -0.4 is 0 Å². The van der Waals surface area contributed by atoms with Gasteiger partial charge in [-0.3, -0.25) is 0 Å². The highest BCUT2D eigenvalue weighted by Gasteiger charge is 1.95. The van der Waals surface area contributed by atoms with Gasteiger partial charge in [0.15, 0.2) is 0 Å². The van der Waals surface area contributed by atoms with Crippen molar-refractivity contribution in [2.75, 3.05) is 13.2 Å². The van der Waals surface area contributed by atoms with Crippen LogP contribution in [0, 0.1) is 12.3 Å². The molecular formula is C16H20O2. The van der Waals surface area contributed by atoms with Gasteiger partial charge in [0.2, 0.25) is 0 Å². The van der Waals surface area contributed by atoms with Crippen LogP contribution in [-0.4, -0.2) is 18.3 Å². The molecule has 0 saturated heterocycles. The van der Waals surface area contributed by atoms with Crippen LogP contribution in [0.15, 0.2) is 42.0 Å². The number of aliphatic hydroxyl groups is 1. The molecule has 1 aromatic rings. The van der Waals surface area contributed by atoms with Crippen LogP contribution in [-0.2, 0) is 11.3 Å². The Morgan fingerprint density at radius 3 is 2.72 bits per heavy atom. The van der Waals surface area contributed by atoms with Gasteiger partial charge in [-0.15, -0.1) is 6.42 Å². The molecule has 0 heterocycles. The molecule has 0 amide bonds. The van der Waals surface area contributed by atoms with E-state index in [4.69, 9.17) is 16.3 Å². The van der Waals surface area contributed by atoms with Crippen molar-refractivity contribution in [2.24, 2.45) is 0 Å². The largest absolute Gasteiger partial charge is 0.392 e. The molecule has 0 aromatic heterocycles. The minimum Gasteiger partial charge on any atom is -0.392 e. The minimum absolute atomic E-state index is 0.0179. The maximum absolute atomic E-state index is 8.74. The van der Waals surface area contributed by atoms with E-state index in [9.17, 15) is 0 Å². The van der Waals surface area contributed by atoms with E-state index in [-0.39, 0.29) is 6.61 Å². The second-order valence-corrected chi connectivity index (χ2v) is 4.05. The van der Waals surface area contributed by atoms with Crippen molar-refractivity contribution in [1.29, 1.82) is 0 Å². The number of allylic oxidation sites excluding steroid dienone is 1. The molecule has 0 fully saturated rings. The van der Waals surface area contributed by atoms with Crippen molar-refractivity contribution in [2.45, 2.75) is 25.9 Å². The van der Waals surface area contributed by atoms with Gasteiger partial charge in [-0.1, -0.05) is 36.3 Å². The van der Waals surface area contributed by atoms with Crippen LogP contribution in [0.4, 0.5) is 0 Å². The summed E-state index contributed by atoms with van der Waals surface area (Å²) in [5, 5.41) is 8.74. The summed E-state index contributed by atoms with van der Waals surface area (Å²) in [4.78, 5) is 0. The first-order chi connectivity index (χ1) is 8.86. The first kappa shape index (κ1) is 14.5. The van der Waals surface area contributed by atoms with Crippen LogP contribution in [0.1, 0.15) is 24.8 Å². The van der Waals surface area contributed by atoms with Crippen LogP contribution >= 0.6 is 0 Å². The number of benzene rings is 1. The van der Waals surface area contributed by atoms with Gasteiger partial charge in [0.1, 0.15) is 0 Å². The highest BCUT2D eigenvalue weighted by atomic mass is 16.5. The molecule has 18 heavy (non-hydrogen) atoms. The average Bonchev–Trinajstić information content (AvgIpc) is 2.42. The molecule has 0 atom stereocenters. The first-order valence-electron chi connectivity index (χ1n) is 6.25. The average molecular weight is 244 g/mol. The monoisotopic (exact) mass is 244 g/mol. The highest BCUT2D eigenvalue weighted by Crippen LogP contribution is 2.07. The Morgan fingerprint density at radius 2 is 2.06 bits per heavy atom. The molecule has 0 bridgehead atoms. The number of ether oxygens (including phenoxy) is 1. The van der Waals surface area contributed by atoms with Crippen molar-refractivity contribution in [3.8, 4) is 12.3 Å². The maximum Gasteiger partial charge on any atom is 0.0716 e. The van der Waals surface area contributed by atoms with Crippen molar-refractivity contribution >= 4 is 0 Å². The highest BCUT2D eigenvalue weighted by molar-refractivity contribution is 5.24. The lowest BCUT2D eigenvalue weighted by molar-refractivity contribution is 0.117. The fraction of sp³-hybridized carbons (Fsp3) is 0.375. The third-order valence-electron chi connectivity index (χ3n) is 2.62. The molecule has 2 nitrogen and oxygen atoms in total. The second-order valence-electron chi connectivity index (χ2n) is 4.05. The number of aliphatic hydroxyl groups excluding tert-OH is 1. The Labute approximate surface area is 109 Å². The SMILES string of the molecule is C#C/C(=C\CO)CCCCOCc1ccccc1. The van der Waals surface area contributed by atoms with E-state index < -0.39 is 0 Å². The van der Waals surface area contributed by atoms with Crippen LogP contribution in [0.5, 0.6) is 0 Å². The summed E-state index contributed by atoms with van der Waals surface area (Å²) in [5.41, 5.74) is 2.07. The van der Waals surface area contributed by atoms with Crippen molar-refractivity contribution in [1.82, 2.24) is 0 Å². The summed E-state index contributed by atoms with van der Waals surface area (Å²) >= 11 is 0. The van der Waals surface area contributed by atoms with E-state index in [0.29, 0.717) is 6.61 Å². The van der Waals surface area contributed by atoms with E-state index in [1.54, 1.807) is 6.08 Å². The number of hydrogen-bond donors (Lipinski definition) is 1. The van der Waals surface area contributed by atoms with Gasteiger partial charge in [0.05, 0.1) is 13.2 Å². The molecule has 1 N–H and O–H groups in total. The fourth-order valence-electron chi connectivity index (χ4n) is 1.63. The zero-order valence-corrected chi connectivity index (χ0v) is 10.6. The van der Waals surface area contributed by atoms with Crippen LogP contribution in [0.3, 0.4) is 0 Å². The number of hydrogen-bond acceptors (Lipinski definition) is 2. The number of unbranched alkanes of at least 4 members (excludes halogenated alkanes) is 1. The quantitative estimate of drug-likeness (QED) is 0.563. The molecule has 0 saturated carbocycles. The molecule has 0 aliphatic carbocycles. The number of terminal acetylenes is 1. The minimum atomic E-state index is 0.0179. The van der Waals surface area contributed by atoms with Gasteiger partial charge >= 0.3 is 0 Å². The van der Waals surface area contributed by atoms with Crippen molar-refractivity contribution in [3.05, 3.63) is 47.5 Å². The Bertz CT molecular complexity index is 387. The smallest absolute Gasteiger partial charge is 0.0716 e. The second kappa shape index (κ2) is 9.47. The normalized spacial score (nSPS) is 11.2. The lowest BCUT2D eigenvalue weighted by Gasteiger charge is -2.04. The lowest BCUT2D eigenvalue weighted by atomic mass is 10.1. The molecule has 0 spiro atoms. The Kier molecular flexibility index (Phi) is 7.63. The van der Waals surface area contributed by atoms with Gasteiger partial charge in [0.25, 0.3) is 0 Å².